The number of aromatic nitrogens is 3. The molecule has 0 amide bonds. The van der Waals surface area contributed by atoms with Crippen molar-refractivity contribution < 1.29 is 9.53 Å². The standard InChI is InChI=1S/C15H18N4O2/c1-2-18-8-9-21-14(11-18)15(20)13-10-16-17-19(13)12-6-4-3-5-7-12/h3-7,10,14H,2,8-9,11H2,1H3. The predicted molar refractivity (Wildman–Crippen MR) is 77.5 cm³/mol. The van der Waals surface area contributed by atoms with Gasteiger partial charge in [-0.15, -0.1) is 5.10 Å². The Kier molecular flexibility index (Phi) is 4.08. The van der Waals surface area contributed by atoms with Crippen molar-refractivity contribution in [3.8, 4) is 5.69 Å². The van der Waals surface area contributed by atoms with Crippen LogP contribution >= 0.6 is 0 Å². The number of carbonyl (C=O) groups excluding carboxylic acids is 1. The molecule has 0 radical (unpaired) electrons. The van der Waals surface area contributed by atoms with Crippen LogP contribution in [0.4, 0.5) is 0 Å². The van der Waals surface area contributed by atoms with Gasteiger partial charge < -0.3 is 4.74 Å². The molecule has 0 aliphatic carbocycles. The van der Waals surface area contributed by atoms with E-state index in [-0.39, 0.29) is 5.78 Å². The van der Waals surface area contributed by atoms with Crippen LogP contribution in [-0.2, 0) is 4.74 Å². The summed E-state index contributed by atoms with van der Waals surface area (Å²) in [5, 5.41) is 7.89. The Labute approximate surface area is 123 Å². The lowest BCUT2D eigenvalue weighted by molar-refractivity contribution is -0.0152. The second kappa shape index (κ2) is 6.15. The number of hydrogen-bond donors (Lipinski definition) is 0. The highest BCUT2D eigenvalue weighted by Crippen LogP contribution is 2.14. The van der Waals surface area contributed by atoms with Gasteiger partial charge >= 0.3 is 0 Å². The van der Waals surface area contributed by atoms with Gasteiger partial charge in [-0.1, -0.05) is 30.3 Å². The Hall–Kier alpha value is -2.05. The number of Topliss-reactive ketones (excluding diaryl/α,β-unsaturated/α-hetero) is 1. The SMILES string of the molecule is CCN1CCOC(C(=O)c2cnnn2-c2ccccc2)C1. The highest BCUT2D eigenvalue weighted by atomic mass is 16.5. The maximum absolute atomic E-state index is 12.7. The molecule has 1 fully saturated rings. The zero-order valence-corrected chi connectivity index (χ0v) is 12.0. The second-order valence-corrected chi connectivity index (χ2v) is 4.98. The number of nitrogens with zero attached hydrogens (tertiary/aromatic N) is 4. The average molecular weight is 286 g/mol. The van der Waals surface area contributed by atoms with E-state index in [2.05, 4.69) is 22.1 Å². The lowest BCUT2D eigenvalue weighted by atomic mass is 10.1. The molecule has 6 nitrogen and oxygen atoms in total. The molecule has 1 aromatic heterocycles. The van der Waals surface area contributed by atoms with E-state index in [1.54, 1.807) is 4.68 Å². The summed E-state index contributed by atoms with van der Waals surface area (Å²) in [6.07, 6.45) is 1.06. The van der Waals surface area contributed by atoms with Crippen LogP contribution in [0, 0.1) is 0 Å². The van der Waals surface area contributed by atoms with Crippen LogP contribution in [-0.4, -0.2) is 58.0 Å². The number of rotatable bonds is 4. The summed E-state index contributed by atoms with van der Waals surface area (Å²) >= 11 is 0. The first kappa shape index (κ1) is 13.9. The van der Waals surface area contributed by atoms with Crippen molar-refractivity contribution in [3.63, 3.8) is 0 Å². The van der Waals surface area contributed by atoms with Crippen LogP contribution in [0.15, 0.2) is 36.5 Å². The summed E-state index contributed by atoms with van der Waals surface area (Å²) in [6, 6.07) is 9.52. The van der Waals surface area contributed by atoms with E-state index < -0.39 is 6.10 Å². The molecule has 1 saturated heterocycles. The van der Waals surface area contributed by atoms with Gasteiger partial charge in [-0.25, -0.2) is 4.68 Å². The molecular weight excluding hydrogens is 268 g/mol. The molecular formula is C15H18N4O2. The minimum atomic E-state index is -0.445. The van der Waals surface area contributed by atoms with Gasteiger partial charge in [0, 0.05) is 13.1 Å². The van der Waals surface area contributed by atoms with Crippen LogP contribution in [0.3, 0.4) is 0 Å². The second-order valence-electron chi connectivity index (χ2n) is 4.98. The summed E-state index contributed by atoms with van der Waals surface area (Å²) in [7, 11) is 0. The first-order valence-electron chi connectivity index (χ1n) is 7.14. The summed E-state index contributed by atoms with van der Waals surface area (Å²) in [4.78, 5) is 14.9. The van der Waals surface area contributed by atoms with Crippen molar-refractivity contribution in [1.29, 1.82) is 0 Å². The van der Waals surface area contributed by atoms with E-state index in [1.165, 1.54) is 6.20 Å². The summed E-state index contributed by atoms with van der Waals surface area (Å²) in [6.45, 7) is 5.08. The van der Waals surface area contributed by atoms with Gasteiger partial charge in [0.1, 0.15) is 11.8 Å². The molecule has 2 heterocycles. The van der Waals surface area contributed by atoms with Crippen molar-refractivity contribution in [1.82, 2.24) is 19.9 Å². The fourth-order valence-electron chi connectivity index (χ4n) is 2.48. The molecule has 1 aliphatic rings. The number of morpholine rings is 1. The molecule has 6 heteroatoms. The Balaban J connectivity index is 1.84. The van der Waals surface area contributed by atoms with Gasteiger partial charge in [0.05, 0.1) is 18.5 Å². The predicted octanol–water partition coefficient (Wildman–Crippen LogP) is 1.17. The topological polar surface area (TPSA) is 60.2 Å². The molecule has 2 aromatic rings. The molecule has 1 unspecified atom stereocenters. The number of ketones is 1. The Morgan fingerprint density at radius 3 is 2.95 bits per heavy atom. The number of ether oxygens (including phenoxy) is 1. The Morgan fingerprint density at radius 1 is 1.38 bits per heavy atom. The van der Waals surface area contributed by atoms with Crippen molar-refractivity contribution in [3.05, 3.63) is 42.2 Å². The smallest absolute Gasteiger partial charge is 0.212 e. The average Bonchev–Trinajstić information content (AvgIpc) is 3.04. The minimum Gasteiger partial charge on any atom is -0.367 e. The van der Waals surface area contributed by atoms with Crippen LogP contribution in [0.2, 0.25) is 0 Å². The highest BCUT2D eigenvalue weighted by Gasteiger charge is 2.29. The summed E-state index contributed by atoms with van der Waals surface area (Å²) in [5.74, 6) is -0.0676. The van der Waals surface area contributed by atoms with Gasteiger partial charge in [-0.3, -0.25) is 9.69 Å². The number of hydrogen-bond acceptors (Lipinski definition) is 5. The molecule has 110 valence electrons. The lowest BCUT2D eigenvalue weighted by Gasteiger charge is -2.31. The maximum atomic E-state index is 12.7. The van der Waals surface area contributed by atoms with Crippen LogP contribution in [0.5, 0.6) is 0 Å². The molecule has 0 bridgehead atoms. The molecule has 1 aliphatic heterocycles. The highest BCUT2D eigenvalue weighted by molar-refractivity contribution is 5.98. The van der Waals surface area contributed by atoms with Crippen molar-refractivity contribution in [2.45, 2.75) is 13.0 Å². The van der Waals surface area contributed by atoms with Gasteiger partial charge in [0.2, 0.25) is 5.78 Å². The van der Waals surface area contributed by atoms with Gasteiger partial charge in [-0.05, 0) is 18.7 Å². The summed E-state index contributed by atoms with van der Waals surface area (Å²) in [5.41, 5.74) is 1.28. The van der Waals surface area contributed by atoms with Crippen LogP contribution in [0.1, 0.15) is 17.4 Å². The zero-order chi connectivity index (χ0) is 14.7. The van der Waals surface area contributed by atoms with E-state index >= 15 is 0 Å². The summed E-state index contributed by atoms with van der Waals surface area (Å²) < 4.78 is 7.19. The van der Waals surface area contributed by atoms with Crippen LogP contribution < -0.4 is 0 Å². The molecule has 0 N–H and O–H groups in total. The number of likely N-dealkylation sites (N-methyl/N-ethyl adjacent to an activating group) is 1. The maximum Gasteiger partial charge on any atom is 0.212 e. The molecule has 0 spiro atoms. The Bertz CT molecular complexity index is 611. The third-order valence-corrected chi connectivity index (χ3v) is 3.69. The molecule has 0 saturated carbocycles. The van der Waals surface area contributed by atoms with E-state index in [1.807, 2.05) is 30.3 Å². The van der Waals surface area contributed by atoms with Crippen molar-refractivity contribution >= 4 is 5.78 Å². The third-order valence-electron chi connectivity index (χ3n) is 3.69. The largest absolute Gasteiger partial charge is 0.367 e. The van der Waals surface area contributed by atoms with E-state index in [4.69, 9.17) is 4.74 Å². The number of para-hydroxylation sites is 1. The lowest BCUT2D eigenvalue weighted by Crippen LogP contribution is -2.46. The van der Waals surface area contributed by atoms with E-state index in [9.17, 15) is 4.79 Å². The van der Waals surface area contributed by atoms with Crippen molar-refractivity contribution in [2.24, 2.45) is 0 Å². The molecule has 1 aromatic carbocycles. The number of benzene rings is 1. The van der Waals surface area contributed by atoms with Gasteiger partial charge in [0.15, 0.2) is 0 Å². The quantitative estimate of drug-likeness (QED) is 0.790. The molecule has 3 rings (SSSR count). The van der Waals surface area contributed by atoms with Crippen molar-refractivity contribution in [2.75, 3.05) is 26.2 Å². The van der Waals surface area contributed by atoms with E-state index in [0.717, 1.165) is 18.8 Å². The van der Waals surface area contributed by atoms with Gasteiger partial charge in [-0.2, -0.15) is 0 Å². The molecule has 1 atom stereocenters. The monoisotopic (exact) mass is 286 g/mol. The third kappa shape index (κ3) is 2.86. The fourth-order valence-corrected chi connectivity index (χ4v) is 2.48. The number of carbonyl (C=O) groups is 1. The molecule has 21 heavy (non-hydrogen) atoms. The van der Waals surface area contributed by atoms with Gasteiger partial charge in [0.25, 0.3) is 0 Å². The normalized spacial score (nSPS) is 19.6. The first-order chi connectivity index (χ1) is 10.3. The van der Waals surface area contributed by atoms with Crippen LogP contribution in [0.25, 0.3) is 5.69 Å². The fraction of sp³-hybridized carbons (Fsp3) is 0.400. The minimum absolute atomic E-state index is 0.0676. The zero-order valence-electron chi connectivity index (χ0n) is 12.0. The first-order valence-corrected chi connectivity index (χ1v) is 7.14. The van der Waals surface area contributed by atoms with E-state index in [0.29, 0.717) is 18.8 Å². The Morgan fingerprint density at radius 2 is 2.19 bits per heavy atom.